The minimum Gasteiger partial charge on any atom is -0.481 e. The van der Waals surface area contributed by atoms with Gasteiger partial charge in [-0.3, -0.25) is 9.59 Å². The van der Waals surface area contributed by atoms with Crippen LogP contribution in [0.3, 0.4) is 0 Å². The van der Waals surface area contributed by atoms with Gasteiger partial charge in [0.05, 0.1) is 6.42 Å². The molecule has 1 aliphatic heterocycles. The maximum atomic E-state index is 13.9. The standard InChI is InChI=1S/C16H17ClFNO3/c17-12-4-1-5-13(18)15(12)10-8-11(10)16(22)19-6-2-3-9(19)7-14(20)21/h1,4-5,9-11H,2-3,6-8H2,(H,20,21). The summed E-state index contributed by atoms with van der Waals surface area (Å²) in [7, 11) is 0. The smallest absolute Gasteiger partial charge is 0.305 e. The van der Waals surface area contributed by atoms with Gasteiger partial charge < -0.3 is 10.0 Å². The molecule has 6 heteroatoms. The predicted molar refractivity (Wildman–Crippen MR) is 79.2 cm³/mol. The van der Waals surface area contributed by atoms with Crippen molar-refractivity contribution in [2.75, 3.05) is 6.54 Å². The van der Waals surface area contributed by atoms with Gasteiger partial charge in [-0.2, -0.15) is 0 Å². The average molecular weight is 326 g/mol. The molecule has 1 heterocycles. The third-order valence-corrected chi connectivity index (χ3v) is 4.88. The Labute approximate surface area is 132 Å². The summed E-state index contributed by atoms with van der Waals surface area (Å²) in [5.74, 6) is -1.80. The number of hydrogen-bond donors (Lipinski definition) is 1. The fraction of sp³-hybridized carbons (Fsp3) is 0.500. The molecule has 0 spiro atoms. The summed E-state index contributed by atoms with van der Waals surface area (Å²) in [6.45, 7) is 0.588. The van der Waals surface area contributed by atoms with E-state index in [4.69, 9.17) is 16.7 Å². The van der Waals surface area contributed by atoms with Crippen molar-refractivity contribution in [1.29, 1.82) is 0 Å². The molecule has 1 aliphatic carbocycles. The fourth-order valence-electron chi connectivity index (χ4n) is 3.40. The summed E-state index contributed by atoms with van der Waals surface area (Å²) in [6, 6.07) is 4.29. The number of rotatable bonds is 4. The van der Waals surface area contributed by atoms with Gasteiger partial charge in [-0.15, -0.1) is 0 Å². The third kappa shape index (κ3) is 2.82. The van der Waals surface area contributed by atoms with Crippen LogP contribution in [0.1, 0.15) is 37.2 Å². The average Bonchev–Trinajstić information content (AvgIpc) is 3.09. The Morgan fingerprint density at radius 2 is 2.18 bits per heavy atom. The van der Waals surface area contributed by atoms with Crippen molar-refractivity contribution in [3.63, 3.8) is 0 Å². The molecule has 3 atom stereocenters. The molecule has 2 aliphatic rings. The van der Waals surface area contributed by atoms with Crippen molar-refractivity contribution in [3.8, 4) is 0 Å². The lowest BCUT2D eigenvalue weighted by Gasteiger charge is -2.23. The number of carbonyl (C=O) groups is 2. The highest BCUT2D eigenvalue weighted by Crippen LogP contribution is 2.51. The molecule has 1 aromatic rings. The van der Waals surface area contributed by atoms with Gasteiger partial charge in [0.1, 0.15) is 5.82 Å². The van der Waals surface area contributed by atoms with Crippen LogP contribution >= 0.6 is 11.6 Å². The number of carboxylic acids is 1. The zero-order valence-corrected chi connectivity index (χ0v) is 12.7. The number of amides is 1. The third-order valence-electron chi connectivity index (χ3n) is 4.55. The Kier molecular flexibility index (Phi) is 4.08. The molecule has 118 valence electrons. The van der Waals surface area contributed by atoms with Gasteiger partial charge >= 0.3 is 5.97 Å². The Hall–Kier alpha value is -1.62. The van der Waals surface area contributed by atoms with Crippen LogP contribution in [-0.2, 0) is 9.59 Å². The van der Waals surface area contributed by atoms with Gasteiger partial charge in [0, 0.05) is 35.0 Å². The Morgan fingerprint density at radius 1 is 1.41 bits per heavy atom. The minimum absolute atomic E-state index is 0.0242. The molecule has 1 aromatic carbocycles. The highest BCUT2D eigenvalue weighted by molar-refractivity contribution is 6.31. The second kappa shape index (κ2) is 5.88. The zero-order chi connectivity index (χ0) is 15.9. The molecular weight excluding hydrogens is 309 g/mol. The summed E-state index contributed by atoms with van der Waals surface area (Å²) in [5, 5.41) is 9.28. The van der Waals surface area contributed by atoms with Gasteiger partial charge in [0.2, 0.25) is 5.91 Å². The first-order chi connectivity index (χ1) is 10.5. The monoisotopic (exact) mass is 325 g/mol. The first-order valence-corrected chi connectivity index (χ1v) is 7.83. The van der Waals surface area contributed by atoms with Crippen LogP contribution in [0.25, 0.3) is 0 Å². The van der Waals surface area contributed by atoms with Crippen LogP contribution in [0.5, 0.6) is 0 Å². The van der Waals surface area contributed by atoms with E-state index >= 15 is 0 Å². The molecule has 3 rings (SSSR count). The van der Waals surface area contributed by atoms with E-state index in [0.717, 1.165) is 12.8 Å². The van der Waals surface area contributed by atoms with E-state index in [-0.39, 0.29) is 36.0 Å². The SMILES string of the molecule is O=C(O)CC1CCCN1C(=O)C1CC1c1c(F)cccc1Cl. The number of nitrogens with zero attached hydrogens (tertiary/aromatic N) is 1. The van der Waals surface area contributed by atoms with E-state index in [2.05, 4.69) is 0 Å². The van der Waals surface area contributed by atoms with E-state index < -0.39 is 5.97 Å². The lowest BCUT2D eigenvalue weighted by atomic mass is 10.1. The molecular formula is C16H17ClFNO3. The number of benzene rings is 1. The van der Waals surface area contributed by atoms with Gasteiger partial charge in [-0.1, -0.05) is 17.7 Å². The van der Waals surface area contributed by atoms with Gasteiger partial charge in [0.25, 0.3) is 0 Å². The summed E-state index contributed by atoms with van der Waals surface area (Å²) < 4.78 is 13.9. The minimum atomic E-state index is -0.894. The molecule has 2 fully saturated rings. The number of halogens is 2. The van der Waals surface area contributed by atoms with E-state index in [0.29, 0.717) is 23.6 Å². The normalized spacial score (nSPS) is 27.0. The summed E-state index contributed by atoms with van der Waals surface area (Å²) >= 11 is 6.05. The highest BCUT2D eigenvalue weighted by atomic mass is 35.5. The fourth-order valence-corrected chi connectivity index (χ4v) is 3.71. The largest absolute Gasteiger partial charge is 0.481 e. The van der Waals surface area contributed by atoms with Crippen molar-refractivity contribution in [2.45, 2.75) is 37.6 Å². The van der Waals surface area contributed by atoms with E-state index in [9.17, 15) is 14.0 Å². The van der Waals surface area contributed by atoms with Crippen LogP contribution in [0.4, 0.5) is 4.39 Å². The molecule has 0 aromatic heterocycles. The molecule has 0 bridgehead atoms. The Balaban J connectivity index is 1.71. The Morgan fingerprint density at radius 3 is 2.86 bits per heavy atom. The number of carbonyl (C=O) groups excluding carboxylic acids is 1. The first-order valence-electron chi connectivity index (χ1n) is 7.45. The molecule has 1 N–H and O–H groups in total. The second-order valence-corrected chi connectivity index (χ2v) is 6.42. The van der Waals surface area contributed by atoms with E-state index in [1.54, 1.807) is 17.0 Å². The van der Waals surface area contributed by atoms with Crippen LogP contribution in [0.15, 0.2) is 18.2 Å². The van der Waals surface area contributed by atoms with Crippen molar-refractivity contribution in [2.24, 2.45) is 5.92 Å². The first kappa shape index (κ1) is 15.3. The molecule has 1 amide bonds. The molecule has 1 saturated heterocycles. The predicted octanol–water partition coefficient (Wildman–Crippen LogP) is 3.05. The molecule has 22 heavy (non-hydrogen) atoms. The topological polar surface area (TPSA) is 57.6 Å². The van der Waals surface area contributed by atoms with E-state index in [1.165, 1.54) is 6.07 Å². The molecule has 0 radical (unpaired) electrons. The molecule has 1 saturated carbocycles. The number of hydrogen-bond acceptors (Lipinski definition) is 2. The number of likely N-dealkylation sites (tertiary alicyclic amines) is 1. The van der Waals surface area contributed by atoms with Crippen LogP contribution in [-0.4, -0.2) is 34.5 Å². The number of carboxylic acid groups (broad SMARTS) is 1. The highest BCUT2D eigenvalue weighted by Gasteiger charge is 2.49. The Bertz CT molecular complexity index is 601. The summed E-state index contributed by atoms with van der Waals surface area (Å²) in [5.41, 5.74) is 0.413. The molecule has 4 nitrogen and oxygen atoms in total. The summed E-state index contributed by atoms with van der Waals surface area (Å²) in [6.07, 6.45) is 2.09. The number of aliphatic carboxylic acids is 1. The van der Waals surface area contributed by atoms with Crippen molar-refractivity contribution in [1.82, 2.24) is 4.90 Å². The lowest BCUT2D eigenvalue weighted by molar-refractivity contribution is -0.140. The quantitative estimate of drug-likeness (QED) is 0.925. The summed E-state index contributed by atoms with van der Waals surface area (Å²) in [4.78, 5) is 25.1. The van der Waals surface area contributed by atoms with Crippen molar-refractivity contribution >= 4 is 23.5 Å². The van der Waals surface area contributed by atoms with Crippen molar-refractivity contribution < 1.29 is 19.1 Å². The van der Waals surface area contributed by atoms with Gasteiger partial charge in [-0.25, -0.2) is 4.39 Å². The van der Waals surface area contributed by atoms with Crippen molar-refractivity contribution in [3.05, 3.63) is 34.6 Å². The van der Waals surface area contributed by atoms with Crippen LogP contribution < -0.4 is 0 Å². The van der Waals surface area contributed by atoms with Crippen LogP contribution in [0, 0.1) is 11.7 Å². The van der Waals surface area contributed by atoms with Crippen LogP contribution in [0.2, 0.25) is 5.02 Å². The van der Waals surface area contributed by atoms with Gasteiger partial charge in [0.15, 0.2) is 0 Å². The van der Waals surface area contributed by atoms with E-state index in [1.807, 2.05) is 0 Å². The maximum Gasteiger partial charge on any atom is 0.305 e. The zero-order valence-electron chi connectivity index (χ0n) is 12.0. The maximum absolute atomic E-state index is 13.9. The lowest BCUT2D eigenvalue weighted by Crippen LogP contribution is -2.38. The second-order valence-electron chi connectivity index (χ2n) is 6.01. The van der Waals surface area contributed by atoms with Gasteiger partial charge in [-0.05, 0) is 31.4 Å². The molecule has 3 unspecified atom stereocenters.